The summed E-state index contributed by atoms with van der Waals surface area (Å²) in [5, 5.41) is 3.27. The van der Waals surface area contributed by atoms with E-state index in [9.17, 15) is 14.4 Å². The summed E-state index contributed by atoms with van der Waals surface area (Å²) in [4.78, 5) is 36.8. The van der Waals surface area contributed by atoms with Gasteiger partial charge >= 0.3 is 0 Å². The van der Waals surface area contributed by atoms with E-state index in [4.69, 9.17) is 11.6 Å². The molecule has 3 amide bonds. The van der Waals surface area contributed by atoms with E-state index in [0.29, 0.717) is 21.8 Å². The van der Waals surface area contributed by atoms with E-state index in [1.807, 2.05) is 13.0 Å². The van der Waals surface area contributed by atoms with E-state index < -0.39 is 11.8 Å². The Balaban J connectivity index is 1.62. The van der Waals surface area contributed by atoms with E-state index in [1.54, 1.807) is 60.7 Å². The highest BCUT2D eigenvalue weighted by Crippen LogP contribution is 2.13. The van der Waals surface area contributed by atoms with Gasteiger partial charge in [0.05, 0.1) is 0 Å². The lowest BCUT2D eigenvalue weighted by molar-refractivity contribution is 0.0846. The first-order chi connectivity index (χ1) is 13.9. The van der Waals surface area contributed by atoms with Gasteiger partial charge in [0.15, 0.2) is 0 Å². The zero-order chi connectivity index (χ0) is 20.8. The van der Waals surface area contributed by atoms with Crippen molar-refractivity contribution in [2.45, 2.75) is 6.92 Å². The molecule has 6 nitrogen and oxygen atoms in total. The molecule has 0 atom stereocenters. The normalized spacial score (nSPS) is 10.1. The van der Waals surface area contributed by atoms with Crippen molar-refractivity contribution in [3.8, 4) is 0 Å². The minimum absolute atomic E-state index is 0.276. The first-order valence-electron chi connectivity index (χ1n) is 8.77. The number of hydrazine groups is 1. The molecule has 0 saturated carbocycles. The average Bonchev–Trinajstić information content (AvgIpc) is 2.72. The van der Waals surface area contributed by atoms with Crippen LogP contribution in [0.2, 0.25) is 5.02 Å². The van der Waals surface area contributed by atoms with Gasteiger partial charge in [-0.25, -0.2) is 0 Å². The molecular formula is C22H18ClN3O3. The maximum absolute atomic E-state index is 12.4. The van der Waals surface area contributed by atoms with Gasteiger partial charge in [-0.15, -0.1) is 0 Å². The van der Waals surface area contributed by atoms with Gasteiger partial charge in [-0.05, 0) is 61.5 Å². The molecule has 7 heteroatoms. The Bertz CT molecular complexity index is 1060. The lowest BCUT2D eigenvalue weighted by Crippen LogP contribution is -2.41. The number of carbonyl (C=O) groups excluding carboxylic acids is 3. The number of aryl methyl sites for hydroxylation is 1. The van der Waals surface area contributed by atoms with Crippen LogP contribution in [0.15, 0.2) is 72.8 Å². The van der Waals surface area contributed by atoms with Gasteiger partial charge in [-0.1, -0.05) is 35.4 Å². The SMILES string of the molecule is Cc1cccc(C(=O)Nc2cccc(C(=O)NNC(=O)c3ccc(Cl)cc3)c2)c1. The third-order valence-electron chi connectivity index (χ3n) is 4.06. The minimum atomic E-state index is -0.515. The number of amides is 3. The third-order valence-corrected chi connectivity index (χ3v) is 4.31. The molecule has 0 aromatic heterocycles. The highest BCUT2D eigenvalue weighted by Gasteiger charge is 2.11. The summed E-state index contributed by atoms with van der Waals surface area (Å²) in [6.45, 7) is 1.90. The maximum Gasteiger partial charge on any atom is 0.269 e. The van der Waals surface area contributed by atoms with Crippen molar-refractivity contribution in [1.29, 1.82) is 0 Å². The Kier molecular flexibility index (Phi) is 6.26. The highest BCUT2D eigenvalue weighted by atomic mass is 35.5. The van der Waals surface area contributed by atoms with Gasteiger partial charge in [0.1, 0.15) is 0 Å². The van der Waals surface area contributed by atoms with Gasteiger partial charge in [0, 0.05) is 27.4 Å². The van der Waals surface area contributed by atoms with Crippen LogP contribution in [0.3, 0.4) is 0 Å². The number of halogens is 1. The van der Waals surface area contributed by atoms with Crippen molar-refractivity contribution >= 4 is 35.0 Å². The molecule has 0 aliphatic heterocycles. The summed E-state index contributed by atoms with van der Waals surface area (Å²) in [5.74, 6) is -1.26. The van der Waals surface area contributed by atoms with E-state index >= 15 is 0 Å². The summed E-state index contributed by atoms with van der Waals surface area (Å²) in [6, 6.07) is 19.9. The van der Waals surface area contributed by atoms with Gasteiger partial charge in [0.25, 0.3) is 17.7 Å². The Labute approximate surface area is 172 Å². The molecule has 0 aliphatic carbocycles. The van der Waals surface area contributed by atoms with Crippen LogP contribution in [-0.4, -0.2) is 17.7 Å². The van der Waals surface area contributed by atoms with E-state index in [0.717, 1.165) is 5.56 Å². The zero-order valence-corrected chi connectivity index (χ0v) is 16.3. The summed E-state index contributed by atoms with van der Waals surface area (Å²) in [5.41, 5.74) is 7.29. The first kappa shape index (κ1) is 20.1. The molecule has 0 saturated heterocycles. The number of benzene rings is 3. The topological polar surface area (TPSA) is 87.3 Å². The molecule has 0 radical (unpaired) electrons. The molecule has 0 aliphatic rings. The van der Waals surface area contributed by atoms with Gasteiger partial charge < -0.3 is 5.32 Å². The van der Waals surface area contributed by atoms with Crippen molar-refractivity contribution in [2.24, 2.45) is 0 Å². The third kappa shape index (κ3) is 5.43. The smallest absolute Gasteiger partial charge is 0.269 e. The van der Waals surface area contributed by atoms with Crippen molar-refractivity contribution in [1.82, 2.24) is 10.9 Å². The Morgan fingerprint density at radius 2 is 1.28 bits per heavy atom. The largest absolute Gasteiger partial charge is 0.322 e. The molecule has 3 aromatic carbocycles. The Morgan fingerprint density at radius 3 is 1.93 bits per heavy atom. The number of nitrogens with one attached hydrogen (secondary N) is 3. The van der Waals surface area contributed by atoms with Crippen LogP contribution in [0.5, 0.6) is 0 Å². The zero-order valence-electron chi connectivity index (χ0n) is 15.5. The fourth-order valence-corrected chi connectivity index (χ4v) is 2.71. The Morgan fingerprint density at radius 1 is 0.690 bits per heavy atom. The Hall–Kier alpha value is -3.64. The lowest BCUT2D eigenvalue weighted by atomic mass is 10.1. The number of hydrogen-bond acceptors (Lipinski definition) is 3. The highest BCUT2D eigenvalue weighted by molar-refractivity contribution is 6.30. The van der Waals surface area contributed by atoms with E-state index in [2.05, 4.69) is 16.2 Å². The van der Waals surface area contributed by atoms with Crippen molar-refractivity contribution < 1.29 is 14.4 Å². The number of anilines is 1. The number of carbonyl (C=O) groups is 3. The van der Waals surface area contributed by atoms with Crippen LogP contribution in [0.1, 0.15) is 36.6 Å². The van der Waals surface area contributed by atoms with E-state index in [1.165, 1.54) is 6.07 Å². The minimum Gasteiger partial charge on any atom is -0.322 e. The van der Waals surface area contributed by atoms with Gasteiger partial charge in [-0.2, -0.15) is 0 Å². The summed E-state index contributed by atoms with van der Waals surface area (Å²) >= 11 is 5.79. The molecule has 0 fully saturated rings. The second-order valence-corrected chi connectivity index (χ2v) is 6.76. The molecule has 3 N–H and O–H groups in total. The molecule has 0 heterocycles. The summed E-state index contributed by atoms with van der Waals surface area (Å²) in [7, 11) is 0. The second kappa shape index (κ2) is 9.03. The van der Waals surface area contributed by atoms with Crippen molar-refractivity contribution in [2.75, 3.05) is 5.32 Å². The molecule has 0 bridgehead atoms. The molecule has 146 valence electrons. The van der Waals surface area contributed by atoms with Gasteiger partial charge in [0.2, 0.25) is 0 Å². The molecule has 3 aromatic rings. The fourth-order valence-electron chi connectivity index (χ4n) is 2.59. The monoisotopic (exact) mass is 407 g/mol. The summed E-state index contributed by atoms with van der Waals surface area (Å²) in [6.07, 6.45) is 0. The quantitative estimate of drug-likeness (QED) is 0.572. The molecular weight excluding hydrogens is 390 g/mol. The molecule has 0 unspecified atom stereocenters. The van der Waals surface area contributed by atoms with Crippen LogP contribution < -0.4 is 16.2 Å². The lowest BCUT2D eigenvalue weighted by Gasteiger charge is -2.10. The van der Waals surface area contributed by atoms with Crippen molar-refractivity contribution in [3.63, 3.8) is 0 Å². The average molecular weight is 408 g/mol. The summed E-state index contributed by atoms with van der Waals surface area (Å²) < 4.78 is 0. The predicted octanol–water partition coefficient (Wildman–Crippen LogP) is 3.98. The maximum atomic E-state index is 12.4. The standard InChI is InChI=1S/C22H18ClN3O3/c1-14-4-2-5-16(12-14)20(27)24-19-7-3-6-17(13-19)22(29)26-25-21(28)15-8-10-18(23)11-9-15/h2-13H,1H3,(H,24,27)(H,25,28)(H,26,29). The van der Waals surface area contributed by atoms with Crippen LogP contribution in [-0.2, 0) is 0 Å². The van der Waals surface area contributed by atoms with E-state index in [-0.39, 0.29) is 11.5 Å². The number of rotatable bonds is 4. The van der Waals surface area contributed by atoms with Crippen LogP contribution in [0.4, 0.5) is 5.69 Å². The van der Waals surface area contributed by atoms with Gasteiger partial charge in [-0.3, -0.25) is 25.2 Å². The molecule has 3 rings (SSSR count). The molecule has 0 spiro atoms. The van der Waals surface area contributed by atoms with Crippen LogP contribution in [0.25, 0.3) is 0 Å². The number of hydrogen-bond donors (Lipinski definition) is 3. The fraction of sp³-hybridized carbons (Fsp3) is 0.0455. The van der Waals surface area contributed by atoms with Crippen molar-refractivity contribution in [3.05, 3.63) is 100 Å². The van der Waals surface area contributed by atoms with Crippen LogP contribution >= 0.6 is 11.6 Å². The molecule has 29 heavy (non-hydrogen) atoms. The predicted molar refractivity (Wildman–Crippen MR) is 112 cm³/mol. The van der Waals surface area contributed by atoms with Crippen LogP contribution in [0, 0.1) is 6.92 Å². The first-order valence-corrected chi connectivity index (χ1v) is 9.14. The second-order valence-electron chi connectivity index (χ2n) is 6.32.